The molecule has 1 nitrogen and oxygen atoms in total. The molecule has 9 rings (SSSR count). The lowest BCUT2D eigenvalue weighted by Gasteiger charge is -2.13. The van der Waals surface area contributed by atoms with Crippen molar-refractivity contribution < 1.29 is 0 Å². The fraction of sp³-hybridized carbons (Fsp3) is 0. The second-order valence-corrected chi connectivity index (χ2v) is 11.2. The van der Waals surface area contributed by atoms with E-state index >= 15 is 0 Å². The van der Waals surface area contributed by atoms with Gasteiger partial charge in [0.2, 0.25) is 0 Å². The van der Waals surface area contributed by atoms with E-state index in [9.17, 15) is 0 Å². The maximum atomic E-state index is 2.41. The highest BCUT2D eigenvalue weighted by Gasteiger charge is 2.28. The van der Waals surface area contributed by atoms with Crippen LogP contribution >= 0.6 is 11.3 Å². The molecule has 176 valence electrons. The number of hydrogen-bond donors (Lipinski definition) is 0. The minimum Gasteiger partial charge on any atom is -0.309 e. The van der Waals surface area contributed by atoms with E-state index in [-0.39, 0.29) is 0 Å². The molecular weight excluding hydrogens is 478 g/mol. The fourth-order valence-corrected chi connectivity index (χ4v) is 7.79. The summed E-state index contributed by atoms with van der Waals surface area (Å²) < 4.78 is 3.76. The quantitative estimate of drug-likeness (QED) is 0.223. The van der Waals surface area contributed by atoms with Gasteiger partial charge in [-0.1, -0.05) is 97.1 Å². The SMILES string of the molecule is c1ccc(-n2c3ccccc3c3ccc(-c4ccc5cccc6c5c4-c4c-6sc5ccccc45)cc32)cc1. The highest BCUT2D eigenvalue weighted by atomic mass is 32.1. The molecule has 0 amide bonds. The van der Waals surface area contributed by atoms with Crippen molar-refractivity contribution in [2.75, 3.05) is 0 Å². The number of benzene rings is 6. The number of hydrogen-bond acceptors (Lipinski definition) is 1. The predicted molar refractivity (Wildman–Crippen MR) is 164 cm³/mol. The zero-order valence-corrected chi connectivity index (χ0v) is 21.3. The molecule has 1 aliphatic carbocycles. The third-order valence-corrected chi connectivity index (χ3v) is 9.34. The molecule has 0 aliphatic heterocycles. The van der Waals surface area contributed by atoms with E-state index in [0.29, 0.717) is 0 Å². The van der Waals surface area contributed by atoms with Crippen molar-refractivity contribution >= 4 is 54.0 Å². The van der Waals surface area contributed by atoms with Crippen LogP contribution in [0, 0.1) is 0 Å². The Morgan fingerprint density at radius 2 is 1.29 bits per heavy atom. The van der Waals surface area contributed by atoms with Crippen molar-refractivity contribution in [3.8, 4) is 38.4 Å². The Bertz CT molecular complexity index is 2230. The average Bonchev–Trinajstić information content (AvgIpc) is 3.62. The lowest BCUT2D eigenvalue weighted by Crippen LogP contribution is -1.93. The van der Waals surface area contributed by atoms with Crippen LogP contribution in [0.2, 0.25) is 0 Å². The summed E-state index contributed by atoms with van der Waals surface area (Å²) in [5, 5.41) is 6.63. The molecule has 0 radical (unpaired) electrons. The van der Waals surface area contributed by atoms with Gasteiger partial charge in [0.25, 0.3) is 0 Å². The molecule has 1 aliphatic rings. The number of aromatic nitrogens is 1. The van der Waals surface area contributed by atoms with Crippen molar-refractivity contribution in [2.45, 2.75) is 0 Å². The van der Waals surface area contributed by atoms with E-state index in [0.717, 1.165) is 0 Å². The highest BCUT2D eigenvalue weighted by molar-refractivity contribution is 7.23. The summed E-state index contributed by atoms with van der Waals surface area (Å²) in [4.78, 5) is 1.40. The fourth-order valence-electron chi connectivity index (χ4n) is 6.55. The van der Waals surface area contributed by atoms with Crippen LogP contribution in [0.5, 0.6) is 0 Å². The summed E-state index contributed by atoms with van der Waals surface area (Å²) in [6.07, 6.45) is 0. The summed E-state index contributed by atoms with van der Waals surface area (Å²) in [6, 6.07) is 46.7. The van der Waals surface area contributed by atoms with Gasteiger partial charge in [-0.05, 0) is 52.2 Å². The molecule has 0 bridgehead atoms. The van der Waals surface area contributed by atoms with E-state index in [1.807, 2.05) is 11.3 Å². The minimum atomic E-state index is 1.19. The van der Waals surface area contributed by atoms with Crippen LogP contribution in [0.3, 0.4) is 0 Å². The van der Waals surface area contributed by atoms with Crippen LogP contribution in [0.15, 0.2) is 127 Å². The van der Waals surface area contributed by atoms with Gasteiger partial charge < -0.3 is 4.57 Å². The number of para-hydroxylation sites is 2. The van der Waals surface area contributed by atoms with Gasteiger partial charge >= 0.3 is 0 Å². The summed E-state index contributed by atoms with van der Waals surface area (Å²) >= 11 is 1.92. The zero-order chi connectivity index (χ0) is 24.8. The summed E-state index contributed by atoms with van der Waals surface area (Å²) in [5.41, 5.74) is 10.4. The van der Waals surface area contributed by atoms with E-state index in [4.69, 9.17) is 0 Å². The Morgan fingerprint density at radius 3 is 2.21 bits per heavy atom. The molecule has 0 atom stereocenters. The highest BCUT2D eigenvalue weighted by Crippen LogP contribution is 2.57. The molecule has 2 heteroatoms. The van der Waals surface area contributed by atoms with Crippen LogP contribution in [-0.4, -0.2) is 4.57 Å². The summed E-state index contributed by atoms with van der Waals surface area (Å²) in [6.45, 7) is 0. The van der Waals surface area contributed by atoms with Gasteiger partial charge in [-0.2, -0.15) is 0 Å². The van der Waals surface area contributed by atoms with Crippen LogP contribution in [0.4, 0.5) is 0 Å². The van der Waals surface area contributed by atoms with Gasteiger partial charge in [0.1, 0.15) is 0 Å². The molecule has 0 saturated heterocycles. The predicted octanol–water partition coefficient (Wildman–Crippen LogP) is 10.5. The number of rotatable bonds is 2. The molecule has 0 saturated carbocycles. The molecule has 2 heterocycles. The van der Waals surface area contributed by atoms with Gasteiger partial charge in [-0.25, -0.2) is 0 Å². The van der Waals surface area contributed by atoms with E-state index in [2.05, 4.69) is 132 Å². The first-order chi connectivity index (χ1) is 18.9. The van der Waals surface area contributed by atoms with Gasteiger partial charge in [0.15, 0.2) is 0 Å². The maximum Gasteiger partial charge on any atom is 0.0547 e. The third-order valence-electron chi connectivity index (χ3n) is 8.13. The van der Waals surface area contributed by atoms with Gasteiger partial charge in [-0.3, -0.25) is 0 Å². The Balaban J connectivity index is 1.39. The number of thiophene rings is 1. The normalized spacial score (nSPS) is 12.2. The first-order valence-corrected chi connectivity index (χ1v) is 13.9. The molecule has 0 unspecified atom stereocenters. The second kappa shape index (κ2) is 7.44. The van der Waals surface area contributed by atoms with E-state index in [1.165, 1.54) is 81.0 Å². The number of fused-ring (bicyclic) bond motifs is 8. The molecule has 2 aromatic heterocycles. The molecule has 0 N–H and O–H groups in total. The maximum absolute atomic E-state index is 2.41. The topological polar surface area (TPSA) is 4.93 Å². The molecule has 0 spiro atoms. The van der Waals surface area contributed by atoms with E-state index < -0.39 is 0 Å². The van der Waals surface area contributed by atoms with E-state index in [1.54, 1.807) is 0 Å². The van der Waals surface area contributed by atoms with Gasteiger partial charge in [0.05, 0.1) is 11.0 Å². The zero-order valence-electron chi connectivity index (χ0n) is 20.5. The first kappa shape index (κ1) is 20.4. The van der Waals surface area contributed by atoms with Crippen LogP contribution in [0.25, 0.3) is 81.0 Å². The first-order valence-electron chi connectivity index (χ1n) is 13.0. The summed E-state index contributed by atoms with van der Waals surface area (Å²) in [7, 11) is 0. The van der Waals surface area contributed by atoms with Crippen molar-refractivity contribution in [1.29, 1.82) is 0 Å². The van der Waals surface area contributed by atoms with Crippen molar-refractivity contribution in [3.05, 3.63) is 127 Å². The largest absolute Gasteiger partial charge is 0.309 e. The standard InChI is InChI=1S/C36H21NS/c1-2-10-24(11-3-1)37-30-15-6-4-12-26(30)27-20-18-23(21-31(27)37)25-19-17-22-9-8-14-29-33(22)34(25)35-28-13-5-7-16-32(28)38-36(29)35/h1-21H. The summed E-state index contributed by atoms with van der Waals surface area (Å²) in [5.74, 6) is 0. The average molecular weight is 500 g/mol. The Kier molecular flexibility index (Phi) is 3.99. The Hall–Kier alpha value is -4.66. The second-order valence-electron chi connectivity index (χ2n) is 10.1. The molecular formula is C36H21NS. The molecule has 38 heavy (non-hydrogen) atoms. The van der Waals surface area contributed by atoms with Crippen molar-refractivity contribution in [1.82, 2.24) is 4.57 Å². The monoisotopic (exact) mass is 499 g/mol. The smallest absolute Gasteiger partial charge is 0.0547 e. The van der Waals surface area contributed by atoms with Gasteiger partial charge in [0, 0.05) is 48.1 Å². The Morgan fingerprint density at radius 1 is 0.500 bits per heavy atom. The number of nitrogens with zero attached hydrogens (tertiary/aromatic N) is 1. The molecule has 0 fully saturated rings. The Labute approximate surface area is 223 Å². The van der Waals surface area contributed by atoms with Crippen LogP contribution in [-0.2, 0) is 0 Å². The minimum absolute atomic E-state index is 1.19. The van der Waals surface area contributed by atoms with Crippen LogP contribution in [0.1, 0.15) is 0 Å². The van der Waals surface area contributed by atoms with Gasteiger partial charge in [-0.15, -0.1) is 11.3 Å². The lowest BCUT2D eigenvalue weighted by atomic mass is 9.91. The molecule has 6 aromatic carbocycles. The lowest BCUT2D eigenvalue weighted by molar-refractivity contribution is 1.18. The van der Waals surface area contributed by atoms with Crippen molar-refractivity contribution in [2.24, 2.45) is 0 Å². The van der Waals surface area contributed by atoms with Crippen molar-refractivity contribution in [3.63, 3.8) is 0 Å². The van der Waals surface area contributed by atoms with Crippen LogP contribution < -0.4 is 0 Å². The molecule has 8 aromatic rings. The third kappa shape index (κ3) is 2.60.